The molecule has 5 rings (SSSR count). The fraction of sp³-hybridized carbons (Fsp3) is 0.688. The Hall–Kier alpha value is -0.960. The highest BCUT2D eigenvalue weighted by molar-refractivity contribution is 5.19. The highest BCUT2D eigenvalue weighted by atomic mass is 19.1. The second kappa shape index (κ2) is 4.02. The van der Waals surface area contributed by atoms with Crippen LogP contribution in [0, 0.1) is 29.0 Å². The van der Waals surface area contributed by atoms with E-state index < -0.39 is 6.10 Å². The van der Waals surface area contributed by atoms with Crippen molar-refractivity contribution in [3.63, 3.8) is 0 Å². The molecule has 1 atom stereocenters. The van der Waals surface area contributed by atoms with Crippen LogP contribution in [-0.4, -0.2) is 10.1 Å². The normalized spacial score (nSPS) is 41.5. The minimum Gasteiger partial charge on any atom is -0.388 e. The predicted octanol–water partition coefficient (Wildman–Crippen LogP) is 3.47. The molecule has 0 aliphatic heterocycles. The van der Waals surface area contributed by atoms with Gasteiger partial charge in [-0.25, -0.2) is 4.39 Å². The van der Waals surface area contributed by atoms with Gasteiger partial charge in [-0.15, -0.1) is 0 Å². The second-order valence-corrected chi connectivity index (χ2v) is 7.12. The summed E-state index contributed by atoms with van der Waals surface area (Å²) in [5.74, 6) is 2.04. The molecule has 4 aliphatic rings. The van der Waals surface area contributed by atoms with Gasteiger partial charge >= 0.3 is 0 Å². The molecule has 4 aliphatic carbocycles. The zero-order valence-corrected chi connectivity index (χ0v) is 11.1. The third kappa shape index (κ3) is 1.82. The van der Waals surface area contributed by atoms with Crippen molar-refractivity contribution in [1.29, 1.82) is 0 Å². The molecule has 1 heterocycles. The van der Waals surface area contributed by atoms with Crippen molar-refractivity contribution < 1.29 is 9.50 Å². The number of aromatic nitrogens is 1. The van der Waals surface area contributed by atoms with Crippen molar-refractivity contribution >= 4 is 0 Å². The summed E-state index contributed by atoms with van der Waals surface area (Å²) >= 11 is 0. The summed E-state index contributed by atoms with van der Waals surface area (Å²) in [6, 6.07) is 1.45. The Kier molecular flexibility index (Phi) is 2.50. The molecule has 4 saturated carbocycles. The number of hydrogen-bond acceptors (Lipinski definition) is 2. The van der Waals surface area contributed by atoms with Crippen molar-refractivity contribution in [2.75, 3.05) is 0 Å². The summed E-state index contributed by atoms with van der Waals surface area (Å²) < 4.78 is 13.3. The van der Waals surface area contributed by atoms with Gasteiger partial charge in [-0.1, -0.05) is 0 Å². The van der Waals surface area contributed by atoms with Gasteiger partial charge in [-0.2, -0.15) is 0 Å². The molecule has 0 saturated heterocycles. The molecule has 0 spiro atoms. The van der Waals surface area contributed by atoms with Crippen LogP contribution >= 0.6 is 0 Å². The molecule has 0 aromatic carbocycles. The lowest BCUT2D eigenvalue weighted by Crippen LogP contribution is -2.48. The van der Waals surface area contributed by atoms with Crippen molar-refractivity contribution in [3.8, 4) is 0 Å². The molecule has 4 bridgehead atoms. The second-order valence-electron chi connectivity index (χ2n) is 7.12. The molecule has 4 fully saturated rings. The maximum Gasteiger partial charge on any atom is 0.141 e. The van der Waals surface area contributed by atoms with E-state index in [0.29, 0.717) is 5.56 Å². The number of pyridine rings is 1. The SMILES string of the molecule is OC(c1cncc(F)c1)C12CC3CC(CC(C3)C1)C2. The van der Waals surface area contributed by atoms with Gasteiger partial charge in [0.25, 0.3) is 0 Å². The zero-order chi connectivity index (χ0) is 13.0. The topological polar surface area (TPSA) is 33.1 Å². The van der Waals surface area contributed by atoms with Crippen LogP contribution in [0.3, 0.4) is 0 Å². The minimum atomic E-state index is -0.538. The van der Waals surface area contributed by atoms with E-state index >= 15 is 0 Å². The maximum absolute atomic E-state index is 13.3. The van der Waals surface area contributed by atoms with Crippen molar-refractivity contribution in [3.05, 3.63) is 29.8 Å². The molecule has 2 nitrogen and oxygen atoms in total. The number of hydrogen-bond donors (Lipinski definition) is 1. The van der Waals surface area contributed by atoms with Gasteiger partial charge < -0.3 is 5.11 Å². The molecule has 3 heteroatoms. The lowest BCUT2D eigenvalue weighted by molar-refractivity contribution is -0.122. The Morgan fingerprint density at radius 2 is 1.68 bits per heavy atom. The highest BCUT2D eigenvalue weighted by Crippen LogP contribution is 2.63. The smallest absolute Gasteiger partial charge is 0.141 e. The van der Waals surface area contributed by atoms with Crippen LogP contribution in [0.15, 0.2) is 18.5 Å². The van der Waals surface area contributed by atoms with Crippen LogP contribution in [0.5, 0.6) is 0 Å². The van der Waals surface area contributed by atoms with Crippen molar-refractivity contribution in [1.82, 2.24) is 4.98 Å². The molecular formula is C16H20FNO. The van der Waals surface area contributed by atoms with Gasteiger partial charge in [0.1, 0.15) is 5.82 Å². The van der Waals surface area contributed by atoms with E-state index in [0.717, 1.165) is 37.0 Å². The van der Waals surface area contributed by atoms with Crippen molar-refractivity contribution in [2.45, 2.75) is 44.6 Å². The lowest BCUT2D eigenvalue weighted by atomic mass is 9.48. The average Bonchev–Trinajstić information content (AvgIpc) is 2.36. The molecule has 1 aromatic rings. The van der Waals surface area contributed by atoms with E-state index in [1.165, 1.54) is 31.5 Å². The quantitative estimate of drug-likeness (QED) is 0.884. The predicted molar refractivity (Wildman–Crippen MR) is 69.8 cm³/mol. The Labute approximate surface area is 113 Å². The van der Waals surface area contributed by atoms with E-state index in [9.17, 15) is 9.50 Å². The summed E-state index contributed by atoms with van der Waals surface area (Å²) in [4.78, 5) is 3.90. The number of aliphatic hydroxyl groups is 1. The van der Waals surface area contributed by atoms with E-state index in [4.69, 9.17) is 0 Å². The summed E-state index contributed by atoms with van der Waals surface area (Å²) in [6.07, 6.45) is 9.73. The van der Waals surface area contributed by atoms with E-state index in [1.54, 1.807) is 6.20 Å². The molecule has 1 unspecified atom stereocenters. The van der Waals surface area contributed by atoms with Crippen LogP contribution in [0.25, 0.3) is 0 Å². The van der Waals surface area contributed by atoms with Gasteiger partial charge in [-0.05, 0) is 62.3 Å². The largest absolute Gasteiger partial charge is 0.388 e. The molecular weight excluding hydrogens is 241 g/mol. The number of aliphatic hydroxyl groups excluding tert-OH is 1. The van der Waals surface area contributed by atoms with E-state index in [2.05, 4.69) is 4.98 Å². The van der Waals surface area contributed by atoms with Crippen LogP contribution in [-0.2, 0) is 0 Å². The molecule has 102 valence electrons. The lowest BCUT2D eigenvalue weighted by Gasteiger charge is -2.58. The maximum atomic E-state index is 13.3. The third-order valence-electron chi connectivity index (χ3n) is 5.71. The fourth-order valence-corrected chi connectivity index (χ4v) is 5.44. The molecule has 19 heavy (non-hydrogen) atoms. The van der Waals surface area contributed by atoms with Crippen LogP contribution < -0.4 is 0 Å². The number of rotatable bonds is 2. The first-order valence-electron chi connectivity index (χ1n) is 7.43. The Morgan fingerprint density at radius 3 is 2.21 bits per heavy atom. The summed E-state index contributed by atoms with van der Waals surface area (Å²) in [7, 11) is 0. The standard InChI is InChI=1S/C16H20FNO/c17-14-4-13(8-18-9-14)15(19)16-5-10-1-11(6-16)3-12(2-10)7-16/h4,8-12,15,19H,1-3,5-7H2. The first-order chi connectivity index (χ1) is 9.14. The Balaban J connectivity index is 1.68. The Bertz CT molecular complexity index is 466. The van der Waals surface area contributed by atoms with Gasteiger partial charge in [0.2, 0.25) is 0 Å². The molecule has 1 aromatic heterocycles. The van der Waals surface area contributed by atoms with Gasteiger partial charge in [0, 0.05) is 17.2 Å². The zero-order valence-electron chi connectivity index (χ0n) is 11.1. The fourth-order valence-electron chi connectivity index (χ4n) is 5.44. The number of halogens is 1. The van der Waals surface area contributed by atoms with Crippen LogP contribution in [0.1, 0.15) is 50.2 Å². The monoisotopic (exact) mass is 261 g/mol. The average molecular weight is 261 g/mol. The Morgan fingerprint density at radius 1 is 1.11 bits per heavy atom. The molecule has 0 amide bonds. The minimum absolute atomic E-state index is 0.00419. The number of nitrogens with zero attached hydrogens (tertiary/aromatic N) is 1. The third-order valence-corrected chi connectivity index (χ3v) is 5.71. The molecule has 0 radical (unpaired) electrons. The molecule has 1 N–H and O–H groups in total. The first kappa shape index (κ1) is 11.8. The van der Waals surface area contributed by atoms with Crippen molar-refractivity contribution in [2.24, 2.45) is 23.2 Å². The highest BCUT2D eigenvalue weighted by Gasteiger charge is 2.54. The summed E-state index contributed by atoms with van der Waals surface area (Å²) in [5, 5.41) is 10.8. The van der Waals surface area contributed by atoms with Gasteiger partial charge in [0.15, 0.2) is 0 Å². The first-order valence-corrected chi connectivity index (χ1v) is 7.43. The van der Waals surface area contributed by atoms with Gasteiger partial charge in [0.05, 0.1) is 12.3 Å². The summed E-state index contributed by atoms with van der Waals surface area (Å²) in [5.41, 5.74) is 0.673. The van der Waals surface area contributed by atoms with Crippen LogP contribution in [0.2, 0.25) is 0 Å². The summed E-state index contributed by atoms with van der Waals surface area (Å²) in [6.45, 7) is 0. The van der Waals surface area contributed by atoms with Gasteiger partial charge in [-0.3, -0.25) is 4.98 Å². The van der Waals surface area contributed by atoms with Crippen LogP contribution in [0.4, 0.5) is 4.39 Å². The van der Waals surface area contributed by atoms with E-state index in [1.807, 2.05) is 0 Å². The van der Waals surface area contributed by atoms with E-state index in [-0.39, 0.29) is 11.2 Å².